The zero-order valence-corrected chi connectivity index (χ0v) is 12.4. The van der Waals surface area contributed by atoms with Crippen molar-refractivity contribution in [2.75, 3.05) is 0 Å². The Morgan fingerprint density at radius 3 is 2.25 bits per heavy atom. The zero-order valence-electron chi connectivity index (χ0n) is 12.4. The van der Waals surface area contributed by atoms with Crippen molar-refractivity contribution in [2.24, 2.45) is 12.8 Å². The largest absolute Gasteiger partial charge is 0.324 e. The van der Waals surface area contributed by atoms with Gasteiger partial charge in [0, 0.05) is 24.2 Å². The van der Waals surface area contributed by atoms with E-state index in [1.54, 1.807) is 13.1 Å². The molecule has 0 saturated carbocycles. The Hall–Kier alpha value is -1.94. The van der Waals surface area contributed by atoms with Crippen LogP contribution in [0.3, 0.4) is 0 Å². The second-order valence-corrected chi connectivity index (χ2v) is 5.48. The zero-order chi connectivity index (χ0) is 14.9. The number of nitrogens with zero attached hydrogens (tertiary/aromatic N) is 2. The highest BCUT2D eigenvalue weighted by Crippen LogP contribution is 2.21. The number of benzene rings is 1. The van der Waals surface area contributed by atoms with Crippen LogP contribution in [-0.4, -0.2) is 9.78 Å². The van der Waals surface area contributed by atoms with Gasteiger partial charge in [0.05, 0.1) is 5.69 Å². The van der Waals surface area contributed by atoms with E-state index >= 15 is 0 Å². The maximum atomic E-state index is 12.0. The first-order valence-corrected chi connectivity index (χ1v) is 6.84. The lowest BCUT2D eigenvalue weighted by atomic mass is 10.00. The van der Waals surface area contributed by atoms with Gasteiger partial charge in [0.25, 0.3) is 5.56 Å². The van der Waals surface area contributed by atoms with Crippen LogP contribution in [0.1, 0.15) is 43.9 Å². The molecule has 0 aliphatic rings. The lowest BCUT2D eigenvalue weighted by Crippen LogP contribution is -2.27. The molecule has 0 fully saturated rings. The Morgan fingerprint density at radius 2 is 1.75 bits per heavy atom. The van der Waals surface area contributed by atoms with Crippen molar-refractivity contribution in [2.45, 2.75) is 32.7 Å². The summed E-state index contributed by atoms with van der Waals surface area (Å²) in [4.78, 5) is 12.0. The van der Waals surface area contributed by atoms with Gasteiger partial charge in [0.2, 0.25) is 0 Å². The van der Waals surface area contributed by atoms with Crippen molar-refractivity contribution in [1.29, 1.82) is 0 Å². The van der Waals surface area contributed by atoms with E-state index in [-0.39, 0.29) is 11.6 Å². The maximum Gasteiger partial charge on any atom is 0.271 e. The molecule has 0 saturated heterocycles. The van der Waals surface area contributed by atoms with Crippen LogP contribution in [-0.2, 0) is 7.05 Å². The Bertz CT molecular complexity index is 654. The summed E-state index contributed by atoms with van der Waals surface area (Å²) in [5.74, 6) is 0.497. The van der Waals surface area contributed by atoms with Crippen molar-refractivity contribution < 1.29 is 0 Å². The first-order valence-electron chi connectivity index (χ1n) is 6.84. The molecule has 0 bridgehead atoms. The normalized spacial score (nSPS) is 12.7. The molecule has 0 aliphatic heterocycles. The Labute approximate surface area is 119 Å². The monoisotopic (exact) mass is 271 g/mol. The van der Waals surface area contributed by atoms with Gasteiger partial charge in [-0.25, -0.2) is 4.68 Å². The molecule has 0 spiro atoms. The average Bonchev–Trinajstić information content (AvgIpc) is 2.41. The van der Waals surface area contributed by atoms with Gasteiger partial charge in [0.15, 0.2) is 0 Å². The minimum absolute atomic E-state index is 0.137. The molecule has 1 heterocycles. The molecule has 1 unspecified atom stereocenters. The summed E-state index contributed by atoms with van der Waals surface area (Å²) in [6.45, 7) is 6.13. The number of aromatic nitrogens is 2. The van der Waals surface area contributed by atoms with Gasteiger partial charge in [-0.2, -0.15) is 5.10 Å². The van der Waals surface area contributed by atoms with Crippen LogP contribution in [0.4, 0.5) is 0 Å². The highest BCUT2D eigenvalue weighted by Gasteiger charge is 2.11. The fourth-order valence-corrected chi connectivity index (χ4v) is 2.14. The van der Waals surface area contributed by atoms with Crippen molar-refractivity contribution in [3.05, 3.63) is 51.8 Å². The van der Waals surface area contributed by atoms with E-state index in [1.165, 1.54) is 10.2 Å². The van der Waals surface area contributed by atoms with Crippen LogP contribution in [0, 0.1) is 0 Å². The van der Waals surface area contributed by atoms with Crippen molar-refractivity contribution in [3.8, 4) is 11.3 Å². The van der Waals surface area contributed by atoms with E-state index in [1.807, 2.05) is 19.1 Å². The summed E-state index contributed by atoms with van der Waals surface area (Å²) in [5, 5.41) is 4.31. The fraction of sp³-hybridized carbons (Fsp3) is 0.375. The third-order valence-electron chi connectivity index (χ3n) is 3.45. The highest BCUT2D eigenvalue weighted by atomic mass is 16.1. The van der Waals surface area contributed by atoms with Crippen LogP contribution in [0.2, 0.25) is 0 Å². The molecule has 106 valence electrons. The number of rotatable bonds is 3. The van der Waals surface area contributed by atoms with E-state index in [0.717, 1.165) is 11.3 Å². The summed E-state index contributed by atoms with van der Waals surface area (Å²) in [7, 11) is 1.65. The summed E-state index contributed by atoms with van der Waals surface area (Å²) in [5.41, 5.74) is 9.35. The third kappa shape index (κ3) is 2.80. The first-order chi connectivity index (χ1) is 9.40. The average molecular weight is 271 g/mol. The minimum Gasteiger partial charge on any atom is -0.324 e. The van der Waals surface area contributed by atoms with Gasteiger partial charge in [-0.1, -0.05) is 38.1 Å². The number of aryl methyl sites for hydroxylation is 1. The SMILES string of the molecule is CC(C)c1ccc(-c2cc(C(C)N)c(=O)n(C)n2)cc1. The van der Waals surface area contributed by atoms with Gasteiger partial charge >= 0.3 is 0 Å². The quantitative estimate of drug-likeness (QED) is 0.933. The topological polar surface area (TPSA) is 60.9 Å². The van der Waals surface area contributed by atoms with Crippen molar-refractivity contribution >= 4 is 0 Å². The Morgan fingerprint density at radius 1 is 1.15 bits per heavy atom. The molecule has 1 atom stereocenters. The highest BCUT2D eigenvalue weighted by molar-refractivity contribution is 5.59. The van der Waals surface area contributed by atoms with Crippen LogP contribution in [0.5, 0.6) is 0 Å². The maximum absolute atomic E-state index is 12.0. The predicted octanol–water partition coefficient (Wildman–Crippen LogP) is 2.59. The molecule has 0 aliphatic carbocycles. The van der Waals surface area contributed by atoms with Crippen LogP contribution in [0.15, 0.2) is 35.1 Å². The summed E-state index contributed by atoms with van der Waals surface area (Å²) in [6.07, 6.45) is 0. The Balaban J connectivity index is 2.50. The smallest absolute Gasteiger partial charge is 0.271 e. The number of nitrogens with two attached hydrogens (primary N) is 1. The second kappa shape index (κ2) is 5.59. The molecule has 4 nitrogen and oxygen atoms in total. The molecular formula is C16H21N3O. The molecule has 2 rings (SSSR count). The molecule has 1 aromatic carbocycles. The molecule has 4 heteroatoms. The molecule has 2 N–H and O–H groups in total. The fourth-order valence-electron chi connectivity index (χ4n) is 2.14. The molecule has 20 heavy (non-hydrogen) atoms. The van der Waals surface area contributed by atoms with E-state index < -0.39 is 0 Å². The lowest BCUT2D eigenvalue weighted by Gasteiger charge is -2.11. The summed E-state index contributed by atoms with van der Waals surface area (Å²) in [6, 6.07) is 9.75. The van der Waals surface area contributed by atoms with Gasteiger partial charge < -0.3 is 5.73 Å². The van der Waals surface area contributed by atoms with E-state index in [2.05, 4.69) is 31.1 Å². The molecule has 0 radical (unpaired) electrons. The molecule has 1 aromatic heterocycles. The molecule has 2 aromatic rings. The molecular weight excluding hydrogens is 250 g/mol. The standard InChI is InChI=1S/C16H21N3O/c1-10(2)12-5-7-13(8-6-12)15-9-14(11(3)17)16(20)19(4)18-15/h5-11H,17H2,1-4H3. The lowest BCUT2D eigenvalue weighted by molar-refractivity contribution is 0.675. The predicted molar refractivity (Wildman–Crippen MR) is 81.6 cm³/mol. The third-order valence-corrected chi connectivity index (χ3v) is 3.45. The summed E-state index contributed by atoms with van der Waals surface area (Å²) < 4.78 is 1.35. The summed E-state index contributed by atoms with van der Waals surface area (Å²) >= 11 is 0. The van der Waals surface area contributed by atoms with Crippen molar-refractivity contribution in [3.63, 3.8) is 0 Å². The van der Waals surface area contributed by atoms with Crippen molar-refractivity contribution in [1.82, 2.24) is 9.78 Å². The first kappa shape index (κ1) is 14.5. The van der Waals surface area contributed by atoms with E-state index in [4.69, 9.17) is 5.73 Å². The van der Waals surface area contributed by atoms with Gasteiger partial charge in [-0.15, -0.1) is 0 Å². The van der Waals surface area contributed by atoms with Crippen LogP contribution < -0.4 is 11.3 Å². The van der Waals surface area contributed by atoms with E-state index in [9.17, 15) is 4.79 Å². The Kier molecular flexibility index (Phi) is 4.04. The van der Waals surface area contributed by atoms with Gasteiger partial charge in [-0.05, 0) is 24.5 Å². The second-order valence-electron chi connectivity index (χ2n) is 5.48. The molecule has 0 amide bonds. The van der Waals surface area contributed by atoms with Crippen LogP contribution in [0.25, 0.3) is 11.3 Å². The number of hydrogen-bond acceptors (Lipinski definition) is 3. The number of hydrogen-bond donors (Lipinski definition) is 1. The minimum atomic E-state index is -0.301. The van der Waals surface area contributed by atoms with Gasteiger partial charge in [-0.3, -0.25) is 4.79 Å². The van der Waals surface area contributed by atoms with E-state index in [0.29, 0.717) is 11.5 Å². The van der Waals surface area contributed by atoms with Crippen LogP contribution >= 0.6 is 0 Å². The van der Waals surface area contributed by atoms with Gasteiger partial charge in [0.1, 0.15) is 0 Å².